The molecule has 2 N–H and O–H groups in total. The second-order valence-corrected chi connectivity index (χ2v) is 11.5. The number of hydrogen-bond donors (Lipinski definition) is 2. The van der Waals surface area contributed by atoms with Crippen LogP contribution >= 0.6 is 0 Å². The van der Waals surface area contributed by atoms with E-state index in [1.165, 1.54) is 12.1 Å². The summed E-state index contributed by atoms with van der Waals surface area (Å²) in [6.07, 6.45) is -2.43. The second kappa shape index (κ2) is 10.5. The molecule has 3 atom stereocenters. The Morgan fingerprint density at radius 2 is 1.93 bits per heavy atom. The molecule has 224 valence electrons. The Balaban J connectivity index is 1.04. The molecule has 1 saturated carbocycles. The number of alkyl halides is 3. The number of carbonyl (C=O) groups excluding carboxylic acids is 2. The van der Waals surface area contributed by atoms with Gasteiger partial charge >= 0.3 is 6.18 Å². The van der Waals surface area contributed by atoms with Crippen molar-refractivity contribution in [1.29, 1.82) is 0 Å². The maximum atomic E-state index is 14.0. The van der Waals surface area contributed by atoms with Crippen LogP contribution in [0.3, 0.4) is 0 Å². The second-order valence-electron chi connectivity index (χ2n) is 11.5. The van der Waals surface area contributed by atoms with Gasteiger partial charge in [0, 0.05) is 62.0 Å². The van der Waals surface area contributed by atoms with E-state index < -0.39 is 17.6 Å². The minimum absolute atomic E-state index is 0.0358. The highest BCUT2D eigenvalue weighted by molar-refractivity contribution is 5.95. The number of ether oxygens (including phenoxy) is 2. The normalized spacial score (nSPS) is 23.0. The van der Waals surface area contributed by atoms with Gasteiger partial charge < -0.3 is 25.0 Å². The lowest BCUT2D eigenvalue weighted by molar-refractivity contribution is -0.138. The first-order valence-corrected chi connectivity index (χ1v) is 14.3. The molecule has 0 bridgehead atoms. The maximum absolute atomic E-state index is 14.0. The van der Waals surface area contributed by atoms with Gasteiger partial charge in [0.1, 0.15) is 29.2 Å². The van der Waals surface area contributed by atoms with E-state index in [0.29, 0.717) is 49.0 Å². The van der Waals surface area contributed by atoms with Crippen molar-refractivity contribution in [3.05, 3.63) is 76.5 Å². The Morgan fingerprint density at radius 3 is 2.72 bits per heavy atom. The molecular formula is C31H30F3N5O4. The fraction of sp³-hybridized carbons (Fsp3) is 0.387. The van der Waals surface area contributed by atoms with E-state index in [2.05, 4.69) is 20.5 Å². The largest absolute Gasteiger partial charge is 0.487 e. The van der Waals surface area contributed by atoms with Crippen LogP contribution in [0, 0.1) is 0 Å². The van der Waals surface area contributed by atoms with Crippen molar-refractivity contribution in [2.24, 2.45) is 0 Å². The van der Waals surface area contributed by atoms with Gasteiger partial charge in [-0.2, -0.15) is 13.2 Å². The summed E-state index contributed by atoms with van der Waals surface area (Å²) in [5.74, 6) is 1.55. The number of carbonyl (C=O) groups is 2. The third-order valence-corrected chi connectivity index (χ3v) is 8.62. The van der Waals surface area contributed by atoms with Gasteiger partial charge in [-0.15, -0.1) is 0 Å². The summed E-state index contributed by atoms with van der Waals surface area (Å²) in [4.78, 5) is 33.2. The number of aromatic nitrogens is 1. The highest BCUT2D eigenvalue weighted by Gasteiger charge is 2.59. The molecule has 2 aromatic carbocycles. The first kappa shape index (κ1) is 27.7. The van der Waals surface area contributed by atoms with Gasteiger partial charge in [-0.3, -0.25) is 14.5 Å². The van der Waals surface area contributed by atoms with Gasteiger partial charge in [-0.05, 0) is 55.4 Å². The molecule has 0 unspecified atom stereocenters. The molecule has 12 heteroatoms. The predicted octanol–water partition coefficient (Wildman–Crippen LogP) is 4.18. The number of nitrogens with one attached hydrogen (secondary N) is 2. The zero-order valence-electron chi connectivity index (χ0n) is 23.4. The van der Waals surface area contributed by atoms with Gasteiger partial charge in [0.25, 0.3) is 5.91 Å². The predicted molar refractivity (Wildman–Crippen MR) is 150 cm³/mol. The molecule has 1 saturated heterocycles. The quantitative estimate of drug-likeness (QED) is 0.443. The van der Waals surface area contributed by atoms with Crippen molar-refractivity contribution < 1.29 is 32.2 Å². The first-order valence-electron chi connectivity index (χ1n) is 14.3. The Kier molecular flexibility index (Phi) is 6.77. The Bertz CT molecular complexity index is 1600. The summed E-state index contributed by atoms with van der Waals surface area (Å²) in [7, 11) is 1.99. The van der Waals surface area contributed by atoms with E-state index in [1.807, 2.05) is 18.0 Å². The van der Waals surface area contributed by atoms with Crippen LogP contribution in [0.2, 0.25) is 0 Å². The molecule has 2 amide bonds. The number of fused-ring (bicyclic) bond motifs is 4. The third-order valence-electron chi connectivity index (χ3n) is 8.62. The molecule has 0 radical (unpaired) electrons. The van der Waals surface area contributed by atoms with E-state index >= 15 is 0 Å². The first-order chi connectivity index (χ1) is 20.6. The molecule has 1 aromatic heterocycles. The van der Waals surface area contributed by atoms with Gasteiger partial charge in [0.05, 0.1) is 17.5 Å². The smallest absolute Gasteiger partial charge is 0.416 e. The number of piperazine rings is 1. The molecule has 3 aliphatic heterocycles. The molecule has 43 heavy (non-hydrogen) atoms. The number of amides is 2. The lowest BCUT2D eigenvalue weighted by Crippen LogP contribution is -2.44. The van der Waals surface area contributed by atoms with Crippen molar-refractivity contribution in [3.63, 3.8) is 0 Å². The van der Waals surface area contributed by atoms with E-state index in [1.54, 1.807) is 24.4 Å². The lowest BCUT2D eigenvalue weighted by Gasteiger charge is -2.33. The van der Waals surface area contributed by atoms with E-state index in [4.69, 9.17) is 9.47 Å². The molecule has 1 aliphatic carbocycles. The number of likely N-dealkylation sites (N-methyl/N-ethyl adjacent to an activating group) is 1. The van der Waals surface area contributed by atoms with Crippen molar-refractivity contribution in [1.82, 2.24) is 20.1 Å². The molecule has 2 fully saturated rings. The fourth-order valence-electron chi connectivity index (χ4n) is 6.16. The number of halogens is 3. The highest BCUT2D eigenvalue weighted by atomic mass is 19.4. The van der Waals surface area contributed by atoms with Crippen molar-refractivity contribution in [2.75, 3.05) is 38.5 Å². The number of benzene rings is 2. The summed E-state index contributed by atoms with van der Waals surface area (Å²) < 4.78 is 54.3. The van der Waals surface area contributed by atoms with Crippen LogP contribution in [0.25, 0.3) is 0 Å². The summed E-state index contributed by atoms with van der Waals surface area (Å²) in [5.41, 5.74) is 1.03. The standard InChI is InChI=1S/C31H30F3N5O4/c1-38-10-12-39(13-11-38)16-18-3-2-17(14-22(18)31(32,33)34)30(41)37-27-26-21-15-19(4-6-23(21)43-28(26)27)42-24-8-9-35-29-20(24)5-7-25(40)36-29/h2-4,6,8-9,14-15,26-28H,5,7,10-13,16H2,1H3,(H,37,41)(H,35,36,40)/t26-,27+,28-/m0/s1. The van der Waals surface area contributed by atoms with Crippen molar-refractivity contribution >= 4 is 17.6 Å². The van der Waals surface area contributed by atoms with Crippen LogP contribution in [0.5, 0.6) is 17.2 Å². The molecule has 4 aliphatic rings. The molecular weight excluding hydrogens is 563 g/mol. The Labute approximate surface area is 246 Å². The maximum Gasteiger partial charge on any atom is 0.416 e. The van der Waals surface area contributed by atoms with Gasteiger partial charge in [0.2, 0.25) is 5.91 Å². The van der Waals surface area contributed by atoms with Crippen LogP contribution in [-0.2, 0) is 23.9 Å². The minimum Gasteiger partial charge on any atom is -0.487 e. The number of hydrogen-bond acceptors (Lipinski definition) is 7. The Hall–Kier alpha value is -4.16. The Morgan fingerprint density at radius 1 is 1.12 bits per heavy atom. The summed E-state index contributed by atoms with van der Waals surface area (Å²) >= 11 is 0. The average Bonchev–Trinajstić information content (AvgIpc) is 3.49. The highest BCUT2D eigenvalue weighted by Crippen LogP contribution is 2.54. The van der Waals surface area contributed by atoms with Crippen LogP contribution in [-0.4, -0.2) is 72.0 Å². The van der Waals surface area contributed by atoms with Crippen LogP contribution in [0.4, 0.5) is 19.0 Å². The molecule has 9 nitrogen and oxygen atoms in total. The lowest BCUT2D eigenvalue weighted by atomic mass is 10.0. The number of rotatable bonds is 6. The summed E-state index contributed by atoms with van der Waals surface area (Å²) in [6, 6.07) is 10.7. The number of nitrogens with zero attached hydrogens (tertiary/aromatic N) is 3. The zero-order chi connectivity index (χ0) is 29.9. The molecule has 3 aromatic rings. The minimum atomic E-state index is -4.58. The fourth-order valence-corrected chi connectivity index (χ4v) is 6.16. The van der Waals surface area contributed by atoms with Gasteiger partial charge in [0.15, 0.2) is 0 Å². The molecule has 4 heterocycles. The van der Waals surface area contributed by atoms with Crippen molar-refractivity contribution in [2.45, 2.75) is 43.6 Å². The van der Waals surface area contributed by atoms with Crippen LogP contribution in [0.15, 0.2) is 48.7 Å². The topological polar surface area (TPSA) is 96.0 Å². The summed E-state index contributed by atoms with van der Waals surface area (Å²) in [5, 5.41) is 5.63. The van der Waals surface area contributed by atoms with Crippen LogP contribution in [0.1, 0.15) is 45.0 Å². The third kappa shape index (κ3) is 5.40. The monoisotopic (exact) mass is 593 g/mol. The molecule has 7 rings (SSSR count). The number of pyridine rings is 1. The van der Waals surface area contributed by atoms with Crippen LogP contribution < -0.4 is 20.1 Å². The van der Waals surface area contributed by atoms with Gasteiger partial charge in [-0.1, -0.05) is 6.07 Å². The van der Waals surface area contributed by atoms with E-state index in [9.17, 15) is 22.8 Å². The summed E-state index contributed by atoms with van der Waals surface area (Å²) in [6.45, 7) is 3.17. The number of anilines is 1. The van der Waals surface area contributed by atoms with Gasteiger partial charge in [-0.25, -0.2) is 4.98 Å². The van der Waals surface area contributed by atoms with E-state index in [-0.39, 0.29) is 41.6 Å². The van der Waals surface area contributed by atoms with E-state index in [0.717, 1.165) is 30.3 Å². The van der Waals surface area contributed by atoms with Crippen molar-refractivity contribution in [3.8, 4) is 17.2 Å². The SMILES string of the molecule is CN1CCN(Cc2ccc(C(=O)N[C@H]3[C@H]4Oc5ccc(Oc6ccnc7c6CCC(=O)N7)cc5[C@@H]34)cc2C(F)(F)F)CC1. The molecule has 0 spiro atoms. The average molecular weight is 594 g/mol. The zero-order valence-corrected chi connectivity index (χ0v) is 23.4.